The van der Waals surface area contributed by atoms with Crippen LogP contribution in [0.2, 0.25) is 0 Å². The van der Waals surface area contributed by atoms with Crippen molar-refractivity contribution in [3.8, 4) is 0 Å². The number of hydrogen-bond acceptors (Lipinski definition) is 3. The number of fused-ring (bicyclic) bond motifs is 2. The highest BCUT2D eigenvalue weighted by Gasteiger charge is 2.54. The first kappa shape index (κ1) is 7.46. The number of amides is 1. The summed E-state index contributed by atoms with van der Waals surface area (Å²) in [5.41, 5.74) is -0.761. The highest BCUT2D eigenvalue weighted by atomic mass is 16.5. The van der Waals surface area contributed by atoms with Crippen molar-refractivity contribution < 1.29 is 18.8 Å². The predicted octanol–water partition coefficient (Wildman–Crippen LogP) is 0.506. The Morgan fingerprint density at radius 3 is 3.33 bits per heavy atom. The van der Waals surface area contributed by atoms with Gasteiger partial charge >= 0.3 is 6.09 Å². The molecule has 5 nitrogen and oxygen atoms in total. The summed E-state index contributed by atoms with van der Waals surface area (Å²) in [5, 5.41) is 12.5. The molecular weight excluding hydrogens is 196 g/mol. The normalized spacial score (nSPS) is 40.5. The van der Waals surface area contributed by atoms with Gasteiger partial charge in [-0.25, -0.2) is 4.79 Å². The lowest BCUT2D eigenvalue weighted by molar-refractivity contribution is -0.0381. The van der Waals surface area contributed by atoms with Crippen molar-refractivity contribution in [1.82, 2.24) is 10.2 Å². The molecule has 2 aliphatic rings. The number of carboxylic acid groups (broad SMARTS) is 1. The van der Waals surface area contributed by atoms with Crippen molar-refractivity contribution in [2.45, 2.75) is 37.5 Å². The van der Waals surface area contributed by atoms with Crippen molar-refractivity contribution in [2.24, 2.45) is 0 Å². The summed E-state index contributed by atoms with van der Waals surface area (Å²) in [5.74, 6) is 0. The van der Waals surface area contributed by atoms with Crippen molar-refractivity contribution >= 4 is 6.09 Å². The largest absolute Gasteiger partial charge is 0.465 e. The molecule has 0 saturated carbocycles. The Hall–Kier alpha value is -0.810. The van der Waals surface area contributed by atoms with Gasteiger partial charge < -0.3 is 15.2 Å². The Kier molecular flexibility index (Phi) is 1.81. The minimum absolute atomic E-state index is 0.0844. The van der Waals surface area contributed by atoms with Crippen LogP contribution in [0.1, 0.15) is 23.9 Å². The first-order valence-electron chi connectivity index (χ1n) is 6.67. The molecule has 5 heteroatoms. The number of nitrogens with zero attached hydrogens (tertiary/aromatic N) is 1. The molecule has 2 fully saturated rings. The Morgan fingerprint density at radius 2 is 2.67 bits per heavy atom. The minimum Gasteiger partial charge on any atom is -0.465 e. The molecule has 0 aromatic carbocycles. The van der Waals surface area contributed by atoms with Gasteiger partial charge in [0.1, 0.15) is 0 Å². The average molecular weight is 217 g/mol. The van der Waals surface area contributed by atoms with Gasteiger partial charge in [0.05, 0.1) is 15.8 Å². The molecule has 3 atom stereocenters. The highest BCUT2D eigenvalue weighted by molar-refractivity contribution is 5.68. The van der Waals surface area contributed by atoms with E-state index in [0.29, 0.717) is 19.5 Å². The maximum atomic E-state index is 11.4. The smallest absolute Gasteiger partial charge is 0.408 e. The highest BCUT2D eigenvalue weighted by Crippen LogP contribution is 2.39. The van der Waals surface area contributed by atoms with Gasteiger partial charge in [-0.2, -0.15) is 0 Å². The standard InChI is InChI=1S/C10H18N2O3/c1-7(15-2)10-4-3-8(5-11-6-10)12(10)9(13)14/h7-8,11H,3-6H2,1-2H3,(H,13,14)/i2D3. The fourth-order valence-electron chi connectivity index (χ4n) is 2.85. The molecule has 2 aliphatic heterocycles. The van der Waals surface area contributed by atoms with E-state index in [1.54, 1.807) is 6.92 Å². The second-order valence-corrected chi connectivity index (χ2v) is 4.34. The quantitative estimate of drug-likeness (QED) is 0.707. The van der Waals surface area contributed by atoms with Gasteiger partial charge in [0.15, 0.2) is 0 Å². The molecule has 0 aliphatic carbocycles. The van der Waals surface area contributed by atoms with Crippen LogP contribution >= 0.6 is 0 Å². The lowest BCUT2D eigenvalue weighted by atomic mass is 9.90. The zero-order valence-electron chi connectivity index (χ0n) is 11.7. The van der Waals surface area contributed by atoms with Gasteiger partial charge in [-0.15, -0.1) is 0 Å². The molecule has 2 N–H and O–H groups in total. The SMILES string of the molecule is [2H]C([2H])([2H])OC(C)C12CCC(CNC1)N2C(=O)O. The van der Waals surface area contributed by atoms with E-state index in [9.17, 15) is 9.90 Å². The molecule has 0 radical (unpaired) electrons. The monoisotopic (exact) mass is 217 g/mol. The van der Waals surface area contributed by atoms with Crippen LogP contribution in [-0.4, -0.2) is 53.9 Å². The second-order valence-electron chi connectivity index (χ2n) is 4.34. The first-order chi connectivity index (χ1) is 8.26. The molecule has 0 spiro atoms. The molecule has 3 unspecified atom stereocenters. The van der Waals surface area contributed by atoms with Crippen molar-refractivity contribution in [3.63, 3.8) is 0 Å². The lowest BCUT2D eigenvalue weighted by Gasteiger charge is -2.46. The first-order valence-corrected chi connectivity index (χ1v) is 5.17. The van der Waals surface area contributed by atoms with E-state index in [1.807, 2.05) is 0 Å². The third-order valence-corrected chi connectivity index (χ3v) is 3.71. The van der Waals surface area contributed by atoms with Gasteiger partial charge in [-0.05, 0) is 19.8 Å². The Bertz CT molecular complexity index is 346. The van der Waals surface area contributed by atoms with Crippen LogP contribution in [0.4, 0.5) is 4.79 Å². The summed E-state index contributed by atoms with van der Waals surface area (Å²) in [6.45, 7) is 2.69. The second kappa shape index (κ2) is 3.64. The topological polar surface area (TPSA) is 61.8 Å². The van der Waals surface area contributed by atoms with Gasteiger partial charge in [-0.1, -0.05) is 0 Å². The van der Waals surface area contributed by atoms with E-state index in [1.165, 1.54) is 4.90 Å². The fraction of sp³-hybridized carbons (Fsp3) is 0.900. The number of carbonyl (C=O) groups is 1. The fourth-order valence-corrected chi connectivity index (χ4v) is 2.85. The molecule has 2 rings (SSSR count). The van der Waals surface area contributed by atoms with E-state index < -0.39 is 24.8 Å². The van der Waals surface area contributed by atoms with Gasteiger partial charge in [0.2, 0.25) is 0 Å². The van der Waals surface area contributed by atoms with Crippen LogP contribution in [0.25, 0.3) is 0 Å². The molecule has 2 bridgehead atoms. The zero-order valence-corrected chi connectivity index (χ0v) is 8.69. The molecule has 0 aromatic rings. The summed E-state index contributed by atoms with van der Waals surface area (Å²) < 4.78 is 26.5. The summed E-state index contributed by atoms with van der Waals surface area (Å²) in [4.78, 5) is 12.8. The van der Waals surface area contributed by atoms with Crippen LogP contribution in [0.5, 0.6) is 0 Å². The van der Waals surface area contributed by atoms with Crippen LogP contribution in [0.3, 0.4) is 0 Å². The van der Waals surface area contributed by atoms with E-state index in [0.717, 1.165) is 6.42 Å². The maximum absolute atomic E-state index is 11.4. The molecule has 1 amide bonds. The number of piperazine rings is 1. The van der Waals surface area contributed by atoms with E-state index in [-0.39, 0.29) is 6.04 Å². The van der Waals surface area contributed by atoms with Crippen LogP contribution in [0.15, 0.2) is 0 Å². The van der Waals surface area contributed by atoms with Gasteiger partial charge in [0, 0.05) is 26.2 Å². The van der Waals surface area contributed by atoms with Crippen molar-refractivity contribution in [1.29, 1.82) is 0 Å². The number of nitrogens with one attached hydrogen (secondary N) is 1. The van der Waals surface area contributed by atoms with Gasteiger partial charge in [0.25, 0.3) is 0 Å². The number of methoxy groups -OCH3 is 1. The Balaban J connectivity index is 2.24. The third-order valence-electron chi connectivity index (χ3n) is 3.71. The third kappa shape index (κ3) is 1.41. The molecular formula is C10H18N2O3. The molecule has 86 valence electrons. The summed E-state index contributed by atoms with van der Waals surface area (Å²) in [7, 11) is -2.51. The summed E-state index contributed by atoms with van der Waals surface area (Å²) in [6.07, 6.45) is -0.290. The molecule has 2 saturated heterocycles. The van der Waals surface area contributed by atoms with Crippen LogP contribution in [-0.2, 0) is 4.74 Å². The van der Waals surface area contributed by atoms with Crippen LogP contribution in [0, 0.1) is 0 Å². The average Bonchev–Trinajstić information content (AvgIpc) is 2.45. The summed E-state index contributed by atoms with van der Waals surface area (Å²) >= 11 is 0. The predicted molar refractivity (Wildman–Crippen MR) is 55.0 cm³/mol. The van der Waals surface area contributed by atoms with Crippen molar-refractivity contribution in [2.75, 3.05) is 20.1 Å². The molecule has 2 heterocycles. The number of hydrogen-bond donors (Lipinski definition) is 2. The maximum Gasteiger partial charge on any atom is 0.408 e. The molecule has 15 heavy (non-hydrogen) atoms. The van der Waals surface area contributed by atoms with Gasteiger partial charge in [-0.3, -0.25) is 4.90 Å². The van der Waals surface area contributed by atoms with Crippen LogP contribution < -0.4 is 5.32 Å². The lowest BCUT2D eigenvalue weighted by Crippen LogP contribution is -2.66. The van der Waals surface area contributed by atoms with Crippen molar-refractivity contribution in [3.05, 3.63) is 0 Å². The van der Waals surface area contributed by atoms with E-state index >= 15 is 0 Å². The number of ether oxygens (including phenoxy) is 1. The Morgan fingerprint density at radius 1 is 1.87 bits per heavy atom. The zero-order chi connectivity index (χ0) is 13.6. The number of rotatable bonds is 2. The molecule has 0 aromatic heterocycles. The minimum atomic E-state index is -2.51. The van der Waals surface area contributed by atoms with E-state index in [4.69, 9.17) is 8.85 Å². The Labute approximate surface area is 93.6 Å². The summed E-state index contributed by atoms with van der Waals surface area (Å²) in [6, 6.07) is -0.0844. The van der Waals surface area contributed by atoms with E-state index in [2.05, 4.69) is 5.32 Å².